The van der Waals surface area contributed by atoms with Crippen LogP contribution in [0.4, 0.5) is 0 Å². The van der Waals surface area contributed by atoms with Crippen LogP contribution in [0.5, 0.6) is 0 Å². The van der Waals surface area contributed by atoms with Crippen molar-refractivity contribution < 1.29 is 24.8 Å². The summed E-state index contributed by atoms with van der Waals surface area (Å²) in [6.45, 7) is 13.6. The predicted molar refractivity (Wildman–Crippen MR) is 89.3 cm³/mol. The summed E-state index contributed by atoms with van der Waals surface area (Å²) < 4.78 is 12.0. The van der Waals surface area contributed by atoms with Crippen LogP contribution in [-0.4, -0.2) is 70.6 Å². The summed E-state index contributed by atoms with van der Waals surface area (Å²) in [6, 6.07) is -0.389. The van der Waals surface area contributed by atoms with E-state index >= 15 is 0 Å². The molecule has 6 heteroatoms. The maximum absolute atomic E-state index is 10.9. The molecule has 1 rings (SSSR count). The maximum Gasteiger partial charge on any atom is 0.114 e. The summed E-state index contributed by atoms with van der Waals surface area (Å²) in [5.41, 5.74) is -0.705. The van der Waals surface area contributed by atoms with Gasteiger partial charge in [0.2, 0.25) is 0 Å². The van der Waals surface area contributed by atoms with E-state index in [1.807, 2.05) is 41.5 Å². The van der Waals surface area contributed by atoms with Gasteiger partial charge in [0.05, 0.1) is 30.5 Å². The lowest BCUT2D eigenvalue weighted by Crippen LogP contribution is -2.67. The predicted octanol–water partition coefficient (Wildman–Crippen LogP) is 0.676. The van der Waals surface area contributed by atoms with Crippen LogP contribution in [0.15, 0.2) is 0 Å². The second kappa shape index (κ2) is 7.76. The zero-order valence-electron chi connectivity index (χ0n) is 15.5. The van der Waals surface area contributed by atoms with E-state index in [0.29, 0.717) is 6.54 Å². The molecule has 23 heavy (non-hydrogen) atoms. The average Bonchev–Trinajstić information content (AvgIpc) is 2.36. The molecule has 0 spiro atoms. The molecule has 1 fully saturated rings. The van der Waals surface area contributed by atoms with Gasteiger partial charge in [0.25, 0.3) is 0 Å². The Bertz CT molecular complexity index is 361. The molecule has 138 valence electrons. The number of hydrogen-bond acceptors (Lipinski definition) is 6. The monoisotopic (exact) mass is 333 g/mol. The minimum atomic E-state index is -0.844. The van der Waals surface area contributed by atoms with Crippen LogP contribution in [0.25, 0.3) is 0 Å². The number of nitrogens with one attached hydrogen (secondary N) is 1. The van der Waals surface area contributed by atoms with Crippen LogP contribution in [-0.2, 0) is 9.47 Å². The van der Waals surface area contributed by atoms with Gasteiger partial charge in [0, 0.05) is 6.54 Å². The number of ether oxygens (including phenoxy) is 2. The van der Waals surface area contributed by atoms with Gasteiger partial charge in [0.1, 0.15) is 18.3 Å². The maximum atomic E-state index is 10.9. The Morgan fingerprint density at radius 1 is 1.17 bits per heavy atom. The van der Waals surface area contributed by atoms with Crippen molar-refractivity contribution in [3.8, 4) is 0 Å². The Morgan fingerprint density at radius 2 is 1.74 bits per heavy atom. The van der Waals surface area contributed by atoms with Gasteiger partial charge in [-0.2, -0.15) is 0 Å². The third-order valence-electron chi connectivity index (χ3n) is 3.89. The molecular weight excluding hydrogens is 298 g/mol. The smallest absolute Gasteiger partial charge is 0.114 e. The van der Waals surface area contributed by atoms with E-state index in [-0.39, 0.29) is 24.2 Å². The molecule has 1 aliphatic rings. The van der Waals surface area contributed by atoms with Gasteiger partial charge in [-0.1, -0.05) is 20.8 Å². The number of rotatable bonds is 5. The molecule has 0 amide bonds. The molecule has 6 atom stereocenters. The molecule has 0 aromatic heterocycles. The minimum Gasteiger partial charge on any atom is -0.394 e. The first kappa shape index (κ1) is 20.8. The average molecular weight is 333 g/mol. The molecule has 6 nitrogen and oxygen atoms in total. The molecule has 1 saturated heterocycles. The number of aliphatic hydroxyl groups is 3. The van der Waals surface area contributed by atoms with Crippen LogP contribution in [0, 0.1) is 5.41 Å². The summed E-state index contributed by atoms with van der Waals surface area (Å²) >= 11 is 0. The molecule has 0 aromatic rings. The lowest BCUT2D eigenvalue weighted by atomic mass is 9.78. The fourth-order valence-corrected chi connectivity index (χ4v) is 2.93. The molecule has 0 aromatic carbocycles. The quantitative estimate of drug-likeness (QED) is 0.591. The van der Waals surface area contributed by atoms with E-state index in [0.717, 1.165) is 0 Å². The molecular formula is C17H35NO5. The van der Waals surface area contributed by atoms with Gasteiger partial charge in [0.15, 0.2) is 0 Å². The second-order valence-electron chi connectivity index (χ2n) is 8.61. The molecule has 4 N–H and O–H groups in total. The largest absolute Gasteiger partial charge is 0.394 e. The van der Waals surface area contributed by atoms with E-state index in [1.54, 1.807) is 6.92 Å². The first-order valence-electron chi connectivity index (χ1n) is 8.40. The molecule has 0 bridgehead atoms. The van der Waals surface area contributed by atoms with Crippen molar-refractivity contribution in [2.45, 2.75) is 90.6 Å². The van der Waals surface area contributed by atoms with Crippen molar-refractivity contribution >= 4 is 0 Å². The first-order valence-corrected chi connectivity index (χ1v) is 8.40. The zero-order valence-corrected chi connectivity index (χ0v) is 15.5. The lowest BCUT2D eigenvalue weighted by molar-refractivity contribution is -0.251. The van der Waals surface area contributed by atoms with E-state index in [4.69, 9.17) is 9.47 Å². The van der Waals surface area contributed by atoms with Crippen LogP contribution in [0.1, 0.15) is 48.5 Å². The summed E-state index contributed by atoms with van der Waals surface area (Å²) in [6.07, 6.45) is -2.90. The molecule has 1 heterocycles. The minimum absolute atomic E-state index is 0.215. The first-order chi connectivity index (χ1) is 10.4. The molecule has 0 radical (unpaired) electrons. The van der Waals surface area contributed by atoms with Gasteiger partial charge >= 0.3 is 0 Å². The summed E-state index contributed by atoms with van der Waals surface area (Å²) in [4.78, 5) is 0. The lowest BCUT2D eigenvalue weighted by Gasteiger charge is -2.50. The second-order valence-corrected chi connectivity index (χ2v) is 8.61. The van der Waals surface area contributed by atoms with Crippen molar-refractivity contribution in [3.63, 3.8) is 0 Å². The Hall–Kier alpha value is -0.240. The van der Waals surface area contributed by atoms with Crippen molar-refractivity contribution in [2.24, 2.45) is 5.41 Å². The summed E-state index contributed by atoms with van der Waals surface area (Å²) in [5.74, 6) is 0. The highest BCUT2D eigenvalue weighted by Gasteiger charge is 2.50. The van der Waals surface area contributed by atoms with Crippen molar-refractivity contribution in [2.75, 3.05) is 13.2 Å². The number of hydrogen-bond donors (Lipinski definition) is 4. The van der Waals surface area contributed by atoms with E-state index < -0.39 is 30.0 Å². The van der Waals surface area contributed by atoms with Crippen LogP contribution in [0.3, 0.4) is 0 Å². The Labute approximate surface area is 140 Å². The summed E-state index contributed by atoms with van der Waals surface area (Å²) in [7, 11) is 0. The van der Waals surface area contributed by atoms with E-state index in [9.17, 15) is 15.3 Å². The van der Waals surface area contributed by atoms with E-state index in [1.165, 1.54) is 0 Å². The van der Waals surface area contributed by atoms with Crippen LogP contribution < -0.4 is 5.32 Å². The standard InChI is InChI=1S/C17H35NO5/c1-10(20)8-18-12-13(21)14(23-17(5,6)7)11(9-19)22-15(12)16(2,3)4/h10-15,18-21H,8-9H2,1-7H3. The van der Waals surface area contributed by atoms with Crippen molar-refractivity contribution in [1.82, 2.24) is 5.32 Å². The van der Waals surface area contributed by atoms with Crippen molar-refractivity contribution in [1.29, 1.82) is 0 Å². The highest BCUT2D eigenvalue weighted by Crippen LogP contribution is 2.35. The van der Waals surface area contributed by atoms with Crippen LogP contribution in [0.2, 0.25) is 0 Å². The topological polar surface area (TPSA) is 91.2 Å². The molecule has 0 aliphatic carbocycles. The summed E-state index contributed by atoms with van der Waals surface area (Å²) in [5, 5.41) is 33.3. The van der Waals surface area contributed by atoms with Gasteiger partial charge in [-0.3, -0.25) is 0 Å². The molecule has 6 unspecified atom stereocenters. The fourth-order valence-electron chi connectivity index (χ4n) is 2.93. The van der Waals surface area contributed by atoms with Gasteiger partial charge in [-0.15, -0.1) is 0 Å². The fraction of sp³-hybridized carbons (Fsp3) is 1.00. The molecule has 1 aliphatic heterocycles. The van der Waals surface area contributed by atoms with Crippen LogP contribution >= 0.6 is 0 Å². The van der Waals surface area contributed by atoms with Gasteiger partial charge in [-0.25, -0.2) is 0 Å². The van der Waals surface area contributed by atoms with Crippen molar-refractivity contribution in [3.05, 3.63) is 0 Å². The Morgan fingerprint density at radius 3 is 2.13 bits per heavy atom. The molecule has 0 saturated carbocycles. The zero-order chi connectivity index (χ0) is 18.0. The Kier molecular flexibility index (Phi) is 7.02. The highest BCUT2D eigenvalue weighted by atomic mass is 16.6. The van der Waals surface area contributed by atoms with Gasteiger partial charge in [-0.05, 0) is 33.1 Å². The normalized spacial score (nSPS) is 34.4. The Balaban J connectivity index is 3.04. The van der Waals surface area contributed by atoms with E-state index in [2.05, 4.69) is 5.32 Å². The third kappa shape index (κ3) is 5.96. The SMILES string of the molecule is CC(O)CNC1C(O)C(OC(C)(C)C)C(CO)OC1C(C)(C)C. The third-order valence-corrected chi connectivity index (χ3v) is 3.89. The van der Waals surface area contributed by atoms with Gasteiger partial charge < -0.3 is 30.1 Å². The number of aliphatic hydroxyl groups excluding tert-OH is 3. The highest BCUT2D eigenvalue weighted by molar-refractivity contribution is 5.01.